The number of nitrogens with one attached hydrogen (secondary N) is 2. The Kier molecular flexibility index (Phi) is 6.77. The number of aromatic amines is 1. The van der Waals surface area contributed by atoms with Crippen LogP contribution in [0.1, 0.15) is 41.6 Å². The highest BCUT2D eigenvalue weighted by molar-refractivity contribution is 5.94. The molecule has 0 bridgehead atoms. The molecule has 2 aromatic carbocycles. The van der Waals surface area contributed by atoms with Gasteiger partial charge in [0, 0.05) is 47.6 Å². The van der Waals surface area contributed by atoms with E-state index in [1.54, 1.807) is 17.0 Å². The second-order valence-corrected chi connectivity index (χ2v) is 8.52. The van der Waals surface area contributed by atoms with Crippen molar-refractivity contribution in [3.63, 3.8) is 0 Å². The van der Waals surface area contributed by atoms with Gasteiger partial charge >= 0.3 is 5.97 Å². The molecule has 2 amide bonds. The molecule has 7 heteroatoms. The lowest BCUT2D eigenvalue weighted by Gasteiger charge is -2.32. The molecule has 3 aromatic rings. The summed E-state index contributed by atoms with van der Waals surface area (Å²) in [4.78, 5) is 43.4. The molecule has 4 rings (SSSR count). The first kappa shape index (κ1) is 22.6. The number of esters is 1. The number of hydrogen-bond acceptors (Lipinski definition) is 4. The van der Waals surface area contributed by atoms with Crippen LogP contribution in [-0.4, -0.2) is 53.9 Å². The van der Waals surface area contributed by atoms with E-state index < -0.39 is 12.0 Å². The van der Waals surface area contributed by atoms with Crippen molar-refractivity contribution in [2.75, 3.05) is 20.2 Å². The van der Waals surface area contributed by atoms with Crippen molar-refractivity contribution < 1.29 is 19.1 Å². The number of aromatic nitrogens is 1. The Bertz CT molecular complexity index is 1130. The summed E-state index contributed by atoms with van der Waals surface area (Å²) in [7, 11) is 1.33. The van der Waals surface area contributed by atoms with Crippen LogP contribution in [0.2, 0.25) is 0 Å². The minimum absolute atomic E-state index is 0.0187. The zero-order valence-electron chi connectivity index (χ0n) is 18.9. The van der Waals surface area contributed by atoms with E-state index in [1.165, 1.54) is 7.11 Å². The maximum atomic E-state index is 13.1. The fourth-order valence-electron chi connectivity index (χ4n) is 4.54. The van der Waals surface area contributed by atoms with Gasteiger partial charge in [-0.25, -0.2) is 4.79 Å². The van der Waals surface area contributed by atoms with Gasteiger partial charge in [0.15, 0.2) is 0 Å². The van der Waals surface area contributed by atoms with Crippen LogP contribution >= 0.6 is 0 Å². The monoisotopic (exact) mass is 447 g/mol. The summed E-state index contributed by atoms with van der Waals surface area (Å²) in [5.41, 5.74) is 2.58. The van der Waals surface area contributed by atoms with Crippen molar-refractivity contribution in [3.05, 3.63) is 71.9 Å². The third-order valence-electron chi connectivity index (χ3n) is 6.54. The summed E-state index contributed by atoms with van der Waals surface area (Å²) in [6, 6.07) is 16.2. The third kappa shape index (κ3) is 4.77. The molecular formula is C26H29N3O4. The second kappa shape index (κ2) is 9.90. The summed E-state index contributed by atoms with van der Waals surface area (Å²) in [5.74, 6) is -1.21. The third-order valence-corrected chi connectivity index (χ3v) is 6.54. The zero-order valence-corrected chi connectivity index (χ0v) is 18.9. The number of piperidine rings is 1. The molecule has 0 spiro atoms. The van der Waals surface area contributed by atoms with Crippen LogP contribution in [0.3, 0.4) is 0 Å². The molecule has 2 heterocycles. The molecule has 1 fully saturated rings. The Morgan fingerprint density at radius 2 is 1.70 bits per heavy atom. The Morgan fingerprint density at radius 3 is 2.39 bits per heavy atom. The molecule has 172 valence electrons. The van der Waals surface area contributed by atoms with Crippen molar-refractivity contribution in [2.24, 2.45) is 5.92 Å². The van der Waals surface area contributed by atoms with E-state index in [1.807, 2.05) is 55.6 Å². The molecule has 2 atom stereocenters. The number of benzene rings is 2. The van der Waals surface area contributed by atoms with Crippen LogP contribution in [0, 0.1) is 5.92 Å². The number of hydrogen-bond donors (Lipinski definition) is 2. The highest BCUT2D eigenvalue weighted by atomic mass is 16.5. The maximum absolute atomic E-state index is 13.1. The van der Waals surface area contributed by atoms with E-state index >= 15 is 0 Å². The van der Waals surface area contributed by atoms with Crippen molar-refractivity contribution in [1.82, 2.24) is 15.2 Å². The standard InChI is InChI=1S/C26H29N3O4/c1-17(21-16-27-22-11-7-6-10-20(21)22)23(26(32)33-2)28-24(30)18-12-14-29(15-13-18)25(31)19-8-4-3-5-9-19/h3-11,16-18,23,27H,12-15H2,1-2H3,(H,28,30). The molecule has 1 aliphatic heterocycles. The Morgan fingerprint density at radius 1 is 1.03 bits per heavy atom. The van der Waals surface area contributed by atoms with Crippen molar-refractivity contribution in [3.8, 4) is 0 Å². The predicted octanol–water partition coefficient (Wildman–Crippen LogP) is 3.48. The molecule has 1 saturated heterocycles. The fourth-order valence-corrected chi connectivity index (χ4v) is 4.54. The molecule has 0 saturated carbocycles. The minimum atomic E-state index is -0.800. The van der Waals surface area contributed by atoms with Gasteiger partial charge in [0.05, 0.1) is 7.11 Å². The van der Waals surface area contributed by atoms with E-state index in [-0.39, 0.29) is 23.7 Å². The summed E-state index contributed by atoms with van der Waals surface area (Å²) < 4.78 is 5.01. The van der Waals surface area contributed by atoms with Crippen molar-refractivity contribution in [1.29, 1.82) is 0 Å². The van der Waals surface area contributed by atoms with Gasteiger partial charge in [-0.15, -0.1) is 0 Å². The molecule has 33 heavy (non-hydrogen) atoms. The minimum Gasteiger partial charge on any atom is -0.467 e. The van der Waals surface area contributed by atoms with Crippen LogP contribution in [0.5, 0.6) is 0 Å². The number of amides is 2. The molecule has 0 radical (unpaired) electrons. The van der Waals surface area contributed by atoms with Crippen molar-refractivity contribution in [2.45, 2.75) is 31.7 Å². The van der Waals surface area contributed by atoms with Gasteiger partial charge in [-0.05, 0) is 36.6 Å². The highest BCUT2D eigenvalue weighted by Gasteiger charge is 2.34. The van der Waals surface area contributed by atoms with E-state index in [2.05, 4.69) is 10.3 Å². The number of rotatable bonds is 6. The van der Waals surface area contributed by atoms with Crippen LogP contribution in [0.25, 0.3) is 10.9 Å². The SMILES string of the molecule is COC(=O)C(NC(=O)C1CCN(C(=O)c2ccccc2)CC1)C(C)c1c[nH]c2ccccc12. The lowest BCUT2D eigenvalue weighted by atomic mass is 9.90. The fraction of sp³-hybridized carbons (Fsp3) is 0.346. The normalized spacial score (nSPS) is 16.2. The maximum Gasteiger partial charge on any atom is 0.328 e. The van der Waals surface area contributed by atoms with E-state index in [9.17, 15) is 14.4 Å². The number of fused-ring (bicyclic) bond motifs is 1. The van der Waals surface area contributed by atoms with Crippen LogP contribution in [-0.2, 0) is 14.3 Å². The Labute approximate surface area is 193 Å². The highest BCUT2D eigenvalue weighted by Crippen LogP contribution is 2.29. The van der Waals surface area contributed by atoms with E-state index in [0.29, 0.717) is 31.5 Å². The van der Waals surface area contributed by atoms with Gasteiger partial charge in [0.2, 0.25) is 5.91 Å². The van der Waals surface area contributed by atoms with E-state index in [4.69, 9.17) is 4.74 Å². The van der Waals surface area contributed by atoms with Crippen LogP contribution < -0.4 is 5.32 Å². The lowest BCUT2D eigenvalue weighted by Crippen LogP contribution is -2.49. The summed E-state index contributed by atoms with van der Waals surface area (Å²) in [5, 5.41) is 3.95. The van der Waals surface area contributed by atoms with Crippen LogP contribution in [0.4, 0.5) is 0 Å². The zero-order chi connectivity index (χ0) is 23.4. The average molecular weight is 448 g/mol. The number of likely N-dealkylation sites (tertiary alicyclic amines) is 1. The van der Waals surface area contributed by atoms with E-state index in [0.717, 1.165) is 16.5 Å². The largest absolute Gasteiger partial charge is 0.467 e. The molecule has 2 unspecified atom stereocenters. The number of methoxy groups -OCH3 is 1. The second-order valence-electron chi connectivity index (χ2n) is 8.52. The van der Waals surface area contributed by atoms with Gasteiger partial charge in [-0.1, -0.05) is 43.3 Å². The first-order valence-electron chi connectivity index (χ1n) is 11.3. The number of carbonyl (C=O) groups is 3. The van der Waals surface area contributed by atoms with Gasteiger partial charge < -0.3 is 19.9 Å². The summed E-state index contributed by atoms with van der Waals surface area (Å²) in [6.07, 6.45) is 2.99. The summed E-state index contributed by atoms with van der Waals surface area (Å²) in [6.45, 7) is 2.93. The van der Waals surface area contributed by atoms with Gasteiger partial charge in [-0.2, -0.15) is 0 Å². The molecular weight excluding hydrogens is 418 g/mol. The number of nitrogens with zero attached hydrogens (tertiary/aromatic N) is 1. The first-order valence-corrected chi connectivity index (χ1v) is 11.3. The number of ether oxygens (including phenoxy) is 1. The Hall–Kier alpha value is -3.61. The molecule has 0 aliphatic carbocycles. The van der Waals surface area contributed by atoms with Crippen molar-refractivity contribution >= 4 is 28.7 Å². The lowest BCUT2D eigenvalue weighted by molar-refractivity contribution is -0.146. The quantitative estimate of drug-likeness (QED) is 0.566. The topological polar surface area (TPSA) is 91.5 Å². The van der Waals surface area contributed by atoms with Gasteiger partial charge in [-0.3, -0.25) is 9.59 Å². The smallest absolute Gasteiger partial charge is 0.328 e. The molecule has 1 aliphatic rings. The number of para-hydroxylation sites is 1. The molecule has 2 N–H and O–H groups in total. The first-order chi connectivity index (χ1) is 16.0. The Balaban J connectivity index is 1.42. The predicted molar refractivity (Wildman–Crippen MR) is 126 cm³/mol. The van der Waals surface area contributed by atoms with Gasteiger partial charge in [0.25, 0.3) is 5.91 Å². The number of carbonyl (C=O) groups excluding carboxylic acids is 3. The summed E-state index contributed by atoms with van der Waals surface area (Å²) >= 11 is 0. The van der Waals surface area contributed by atoms with Crippen LogP contribution in [0.15, 0.2) is 60.8 Å². The molecule has 1 aromatic heterocycles. The average Bonchev–Trinajstić information content (AvgIpc) is 3.30. The van der Waals surface area contributed by atoms with Gasteiger partial charge in [0.1, 0.15) is 6.04 Å². The number of H-pyrrole nitrogens is 1. The molecule has 7 nitrogen and oxygen atoms in total.